The van der Waals surface area contributed by atoms with Crippen molar-refractivity contribution in [2.45, 2.75) is 45.9 Å². The number of ether oxygens (including phenoxy) is 1. The summed E-state index contributed by atoms with van der Waals surface area (Å²) in [5.74, 6) is 5.35. The number of morpholine rings is 1. The lowest BCUT2D eigenvalue weighted by Gasteiger charge is -2.40. The molecule has 0 aliphatic carbocycles. The van der Waals surface area contributed by atoms with Crippen LogP contribution in [0.4, 0.5) is 0 Å². The fourth-order valence-electron chi connectivity index (χ4n) is 2.42. The van der Waals surface area contributed by atoms with Gasteiger partial charge in [-0.2, -0.15) is 0 Å². The first-order chi connectivity index (χ1) is 7.45. The van der Waals surface area contributed by atoms with Gasteiger partial charge in [-0.05, 0) is 19.8 Å². The Morgan fingerprint density at radius 2 is 1.88 bits per heavy atom. The predicted octanol–water partition coefficient (Wildman–Crippen LogP) is 0.110. The number of carbonyl (C=O) groups excluding carboxylic acids is 1. The van der Waals surface area contributed by atoms with Crippen LogP contribution in [0, 0.1) is 5.92 Å². The van der Waals surface area contributed by atoms with Gasteiger partial charge in [0.1, 0.15) is 0 Å². The van der Waals surface area contributed by atoms with Crippen LogP contribution in [0.15, 0.2) is 0 Å². The Balaban J connectivity index is 2.74. The lowest BCUT2D eigenvalue weighted by Crippen LogP contribution is -2.57. The van der Waals surface area contributed by atoms with Crippen molar-refractivity contribution in [1.29, 1.82) is 0 Å². The van der Waals surface area contributed by atoms with Gasteiger partial charge in [0.15, 0.2) is 0 Å². The van der Waals surface area contributed by atoms with Crippen LogP contribution in [0.2, 0.25) is 0 Å². The van der Waals surface area contributed by atoms with E-state index < -0.39 is 0 Å². The Morgan fingerprint density at radius 1 is 1.38 bits per heavy atom. The molecule has 0 aromatic carbocycles. The highest BCUT2D eigenvalue weighted by molar-refractivity contribution is 5.81. The van der Waals surface area contributed by atoms with Gasteiger partial charge in [-0.25, -0.2) is 5.84 Å². The summed E-state index contributed by atoms with van der Waals surface area (Å²) in [6.45, 7) is 9.68. The molecule has 0 aromatic rings. The maximum Gasteiger partial charge on any atom is 0.251 e. The summed E-state index contributed by atoms with van der Waals surface area (Å²) in [5, 5.41) is 0. The van der Waals surface area contributed by atoms with Gasteiger partial charge in [0, 0.05) is 13.1 Å². The van der Waals surface area contributed by atoms with Crippen LogP contribution in [0.1, 0.15) is 27.7 Å². The Bertz CT molecular complexity index is 235. The van der Waals surface area contributed by atoms with Crippen molar-refractivity contribution in [3.8, 4) is 0 Å². The Labute approximate surface area is 97.3 Å². The van der Waals surface area contributed by atoms with Gasteiger partial charge in [0.2, 0.25) is 0 Å². The number of nitrogens with zero attached hydrogens (tertiary/aromatic N) is 1. The lowest BCUT2D eigenvalue weighted by molar-refractivity contribution is -0.135. The summed E-state index contributed by atoms with van der Waals surface area (Å²) in [6.07, 6.45) is 0.325. The van der Waals surface area contributed by atoms with Crippen LogP contribution in [0.25, 0.3) is 0 Å². The SMILES string of the molecule is CC(C)[C@@H](C(=O)NN)N1C[C@@H](C)O[C@@H](C)C1. The minimum atomic E-state index is -0.168. The summed E-state index contributed by atoms with van der Waals surface area (Å²) in [7, 11) is 0. The smallest absolute Gasteiger partial charge is 0.251 e. The van der Waals surface area contributed by atoms with Gasteiger partial charge in [-0.15, -0.1) is 0 Å². The predicted molar refractivity (Wildman–Crippen MR) is 62.5 cm³/mol. The highest BCUT2D eigenvalue weighted by atomic mass is 16.5. The number of hydrogen-bond acceptors (Lipinski definition) is 4. The summed E-state index contributed by atoms with van der Waals surface area (Å²) in [4.78, 5) is 13.9. The Hall–Kier alpha value is -0.650. The van der Waals surface area contributed by atoms with E-state index in [-0.39, 0.29) is 30.1 Å². The fraction of sp³-hybridized carbons (Fsp3) is 0.909. The molecule has 1 amide bonds. The van der Waals surface area contributed by atoms with E-state index in [9.17, 15) is 4.79 Å². The fourth-order valence-corrected chi connectivity index (χ4v) is 2.42. The molecule has 1 aliphatic heterocycles. The normalized spacial score (nSPS) is 29.1. The molecule has 5 heteroatoms. The lowest BCUT2D eigenvalue weighted by atomic mass is 10.00. The molecule has 1 fully saturated rings. The monoisotopic (exact) mass is 229 g/mol. The van der Waals surface area contributed by atoms with Crippen LogP contribution in [0.3, 0.4) is 0 Å². The molecule has 0 bridgehead atoms. The van der Waals surface area contributed by atoms with E-state index in [4.69, 9.17) is 10.6 Å². The van der Waals surface area contributed by atoms with E-state index in [2.05, 4.69) is 10.3 Å². The largest absolute Gasteiger partial charge is 0.373 e. The van der Waals surface area contributed by atoms with Gasteiger partial charge in [-0.3, -0.25) is 15.1 Å². The van der Waals surface area contributed by atoms with Crippen LogP contribution in [-0.2, 0) is 9.53 Å². The molecule has 5 nitrogen and oxygen atoms in total. The van der Waals surface area contributed by atoms with Crippen LogP contribution < -0.4 is 11.3 Å². The first-order valence-electron chi connectivity index (χ1n) is 5.85. The van der Waals surface area contributed by atoms with Gasteiger partial charge in [0.05, 0.1) is 18.2 Å². The molecule has 3 atom stereocenters. The first-order valence-corrected chi connectivity index (χ1v) is 5.85. The molecule has 1 heterocycles. The average molecular weight is 229 g/mol. The van der Waals surface area contributed by atoms with Crippen molar-refractivity contribution in [2.24, 2.45) is 11.8 Å². The maximum atomic E-state index is 11.7. The third-order valence-corrected chi connectivity index (χ3v) is 2.88. The number of hydrazine groups is 1. The van der Waals surface area contributed by atoms with Crippen molar-refractivity contribution >= 4 is 5.91 Å². The van der Waals surface area contributed by atoms with Gasteiger partial charge >= 0.3 is 0 Å². The van der Waals surface area contributed by atoms with Crippen molar-refractivity contribution < 1.29 is 9.53 Å². The third kappa shape index (κ3) is 3.17. The summed E-state index contributed by atoms with van der Waals surface area (Å²) >= 11 is 0. The second-order valence-corrected chi connectivity index (χ2v) is 4.91. The van der Waals surface area contributed by atoms with Crippen molar-refractivity contribution in [3.05, 3.63) is 0 Å². The van der Waals surface area contributed by atoms with E-state index >= 15 is 0 Å². The number of amides is 1. The topological polar surface area (TPSA) is 67.6 Å². The summed E-state index contributed by atoms with van der Waals surface area (Å²) < 4.78 is 5.66. The van der Waals surface area contributed by atoms with E-state index in [1.165, 1.54) is 0 Å². The van der Waals surface area contributed by atoms with Crippen LogP contribution in [0.5, 0.6) is 0 Å². The van der Waals surface area contributed by atoms with Crippen LogP contribution >= 0.6 is 0 Å². The number of nitrogens with two attached hydrogens (primary N) is 1. The third-order valence-electron chi connectivity index (χ3n) is 2.88. The van der Waals surface area contributed by atoms with E-state index in [1.54, 1.807) is 0 Å². The van der Waals surface area contributed by atoms with Crippen molar-refractivity contribution in [1.82, 2.24) is 10.3 Å². The van der Waals surface area contributed by atoms with E-state index in [0.717, 1.165) is 13.1 Å². The molecule has 1 aliphatic rings. The molecule has 0 saturated carbocycles. The summed E-state index contributed by atoms with van der Waals surface area (Å²) in [6, 6.07) is -0.168. The van der Waals surface area contributed by atoms with Crippen LogP contribution in [-0.4, -0.2) is 42.1 Å². The molecule has 16 heavy (non-hydrogen) atoms. The molecular formula is C11H23N3O2. The van der Waals surface area contributed by atoms with Gasteiger partial charge in [0.25, 0.3) is 5.91 Å². The first kappa shape index (κ1) is 13.4. The highest BCUT2D eigenvalue weighted by Crippen LogP contribution is 2.18. The molecule has 1 saturated heterocycles. The number of rotatable bonds is 3. The molecule has 94 valence electrons. The maximum absolute atomic E-state index is 11.7. The molecular weight excluding hydrogens is 206 g/mol. The number of nitrogens with one attached hydrogen (secondary N) is 1. The molecule has 1 rings (SSSR count). The standard InChI is InChI=1S/C11H23N3O2/c1-7(2)10(11(15)13-12)14-5-8(3)16-9(4)6-14/h7-10H,5-6,12H2,1-4H3,(H,13,15)/t8-,9+,10-/m0/s1. The minimum absolute atomic E-state index is 0.115. The van der Waals surface area contributed by atoms with E-state index in [1.807, 2.05) is 27.7 Å². The Morgan fingerprint density at radius 3 is 2.25 bits per heavy atom. The second-order valence-electron chi connectivity index (χ2n) is 4.91. The zero-order chi connectivity index (χ0) is 12.3. The molecule has 0 aromatic heterocycles. The zero-order valence-corrected chi connectivity index (χ0v) is 10.6. The molecule has 0 radical (unpaired) electrons. The molecule has 3 N–H and O–H groups in total. The quantitative estimate of drug-likeness (QED) is 0.409. The van der Waals surface area contributed by atoms with Crippen molar-refractivity contribution in [2.75, 3.05) is 13.1 Å². The van der Waals surface area contributed by atoms with Gasteiger partial charge in [-0.1, -0.05) is 13.8 Å². The average Bonchev–Trinajstić information content (AvgIpc) is 2.15. The second kappa shape index (κ2) is 5.61. The van der Waals surface area contributed by atoms with E-state index in [0.29, 0.717) is 0 Å². The number of hydrogen-bond donors (Lipinski definition) is 2. The molecule has 0 unspecified atom stereocenters. The minimum Gasteiger partial charge on any atom is -0.373 e. The summed E-state index contributed by atoms with van der Waals surface area (Å²) in [5.41, 5.74) is 2.25. The Kier molecular flexibility index (Phi) is 4.70. The zero-order valence-electron chi connectivity index (χ0n) is 10.6. The highest BCUT2D eigenvalue weighted by Gasteiger charge is 2.33. The van der Waals surface area contributed by atoms with Gasteiger partial charge < -0.3 is 4.74 Å². The number of carbonyl (C=O) groups is 1. The van der Waals surface area contributed by atoms with Crippen molar-refractivity contribution in [3.63, 3.8) is 0 Å². The molecule has 0 spiro atoms.